The Bertz CT molecular complexity index is 483. The van der Waals surface area contributed by atoms with E-state index in [0.717, 1.165) is 0 Å². The zero-order chi connectivity index (χ0) is 11.4. The molecule has 0 aromatic heterocycles. The average Bonchev–Trinajstić information content (AvgIpc) is 2.15. The molecular weight excluding hydrogens is 196 g/mol. The first-order valence-electron chi connectivity index (χ1n) is 4.08. The Morgan fingerprint density at radius 1 is 1.53 bits per heavy atom. The number of benzene rings is 1. The fourth-order valence-electron chi connectivity index (χ4n) is 1.09. The van der Waals surface area contributed by atoms with Crippen molar-refractivity contribution >= 4 is 11.6 Å². The quantitative estimate of drug-likeness (QED) is 0.415. The molecule has 0 heterocycles. The standard InChI is InChI=1S/C10H8N2O3/c1-7-8(5-6-10(11)13)3-2-4-9(7)12(14)15/h2-4H,1H3,(H2,11,13). The van der Waals surface area contributed by atoms with Crippen molar-refractivity contribution in [3.63, 3.8) is 0 Å². The van der Waals surface area contributed by atoms with Gasteiger partial charge in [-0.05, 0) is 18.9 Å². The van der Waals surface area contributed by atoms with Crippen LogP contribution in [-0.2, 0) is 4.79 Å². The number of nitro benzene ring substituents is 1. The maximum Gasteiger partial charge on any atom is 0.293 e. The molecule has 0 unspecified atom stereocenters. The van der Waals surface area contributed by atoms with Gasteiger partial charge in [0.15, 0.2) is 0 Å². The Labute approximate surface area is 86.0 Å². The van der Waals surface area contributed by atoms with Crippen molar-refractivity contribution in [2.45, 2.75) is 6.92 Å². The summed E-state index contributed by atoms with van der Waals surface area (Å²) in [5, 5.41) is 10.6. The zero-order valence-electron chi connectivity index (χ0n) is 7.98. The summed E-state index contributed by atoms with van der Waals surface area (Å²) in [5.74, 6) is 3.85. The monoisotopic (exact) mass is 204 g/mol. The molecule has 1 aromatic rings. The number of nitro groups is 1. The number of rotatable bonds is 1. The first-order chi connectivity index (χ1) is 7.02. The van der Waals surface area contributed by atoms with Crippen LogP contribution in [0, 0.1) is 28.9 Å². The summed E-state index contributed by atoms with van der Waals surface area (Å²) in [4.78, 5) is 20.5. The SMILES string of the molecule is Cc1c(C#CC(N)=O)cccc1[N+](=O)[O-]. The maximum absolute atomic E-state index is 10.6. The minimum atomic E-state index is -0.763. The van der Waals surface area contributed by atoms with Crippen LogP contribution in [0.15, 0.2) is 18.2 Å². The second kappa shape index (κ2) is 4.24. The fraction of sp³-hybridized carbons (Fsp3) is 0.100. The summed E-state index contributed by atoms with van der Waals surface area (Å²) in [5.41, 5.74) is 5.68. The molecule has 76 valence electrons. The Hall–Kier alpha value is -2.35. The third-order valence-corrected chi connectivity index (χ3v) is 1.82. The normalized spacial score (nSPS) is 8.87. The Morgan fingerprint density at radius 3 is 2.73 bits per heavy atom. The van der Waals surface area contributed by atoms with E-state index in [-0.39, 0.29) is 5.69 Å². The Morgan fingerprint density at radius 2 is 2.20 bits per heavy atom. The van der Waals surface area contributed by atoms with Gasteiger partial charge in [-0.15, -0.1) is 0 Å². The van der Waals surface area contributed by atoms with Crippen LogP contribution in [0.4, 0.5) is 5.69 Å². The summed E-state index contributed by atoms with van der Waals surface area (Å²) in [6.45, 7) is 1.57. The smallest absolute Gasteiger partial charge is 0.293 e. The maximum atomic E-state index is 10.6. The van der Waals surface area contributed by atoms with Gasteiger partial charge in [-0.25, -0.2) is 0 Å². The van der Waals surface area contributed by atoms with Gasteiger partial charge in [0, 0.05) is 17.2 Å². The predicted molar refractivity (Wildman–Crippen MR) is 53.9 cm³/mol. The van der Waals surface area contributed by atoms with E-state index in [4.69, 9.17) is 5.73 Å². The molecule has 15 heavy (non-hydrogen) atoms. The van der Waals surface area contributed by atoms with Gasteiger partial charge in [0.1, 0.15) is 0 Å². The average molecular weight is 204 g/mol. The molecule has 5 heteroatoms. The van der Waals surface area contributed by atoms with Gasteiger partial charge in [0.05, 0.1) is 4.92 Å². The third kappa shape index (κ3) is 2.54. The molecule has 1 amide bonds. The Kier molecular flexibility index (Phi) is 3.03. The van der Waals surface area contributed by atoms with Gasteiger partial charge >= 0.3 is 0 Å². The molecule has 0 bridgehead atoms. The van der Waals surface area contributed by atoms with Crippen LogP contribution in [-0.4, -0.2) is 10.8 Å². The van der Waals surface area contributed by atoms with E-state index in [1.54, 1.807) is 13.0 Å². The van der Waals surface area contributed by atoms with Gasteiger partial charge < -0.3 is 5.73 Å². The third-order valence-electron chi connectivity index (χ3n) is 1.82. The number of nitrogens with two attached hydrogens (primary N) is 1. The van der Waals surface area contributed by atoms with E-state index in [9.17, 15) is 14.9 Å². The van der Waals surface area contributed by atoms with Crippen molar-refractivity contribution in [1.29, 1.82) is 0 Å². The molecule has 0 saturated heterocycles. The number of hydrogen-bond acceptors (Lipinski definition) is 3. The molecule has 0 spiro atoms. The van der Waals surface area contributed by atoms with Gasteiger partial charge in [-0.2, -0.15) is 0 Å². The topological polar surface area (TPSA) is 86.2 Å². The molecule has 0 saturated carbocycles. The number of nitrogens with zero attached hydrogens (tertiary/aromatic N) is 1. The lowest BCUT2D eigenvalue weighted by atomic mass is 10.1. The van der Waals surface area contributed by atoms with Crippen LogP contribution >= 0.6 is 0 Å². The lowest BCUT2D eigenvalue weighted by Gasteiger charge is -1.98. The van der Waals surface area contributed by atoms with Crippen molar-refractivity contribution in [1.82, 2.24) is 0 Å². The second-order valence-electron chi connectivity index (χ2n) is 2.82. The molecule has 0 fully saturated rings. The minimum Gasteiger partial charge on any atom is -0.359 e. The lowest BCUT2D eigenvalue weighted by Crippen LogP contribution is -2.06. The molecular formula is C10H8N2O3. The molecule has 0 aliphatic carbocycles. The minimum absolute atomic E-state index is 0.0220. The summed E-state index contributed by atoms with van der Waals surface area (Å²) in [6.07, 6.45) is 0. The first-order valence-corrected chi connectivity index (χ1v) is 4.08. The zero-order valence-corrected chi connectivity index (χ0v) is 7.98. The first kappa shape index (κ1) is 10.7. The van der Waals surface area contributed by atoms with Gasteiger partial charge in [0.25, 0.3) is 11.6 Å². The highest BCUT2D eigenvalue weighted by atomic mass is 16.6. The lowest BCUT2D eigenvalue weighted by molar-refractivity contribution is -0.385. The molecule has 0 aliphatic rings. The second-order valence-corrected chi connectivity index (χ2v) is 2.82. The van der Waals surface area contributed by atoms with Gasteiger partial charge in [-0.1, -0.05) is 12.0 Å². The summed E-state index contributed by atoms with van der Waals surface area (Å²) in [7, 11) is 0. The summed E-state index contributed by atoms with van der Waals surface area (Å²) in [6, 6.07) is 4.49. The Balaban J connectivity index is 3.23. The van der Waals surface area contributed by atoms with Crippen molar-refractivity contribution in [3.05, 3.63) is 39.4 Å². The number of carbonyl (C=O) groups is 1. The molecule has 2 N–H and O–H groups in total. The van der Waals surface area contributed by atoms with Crippen molar-refractivity contribution in [3.8, 4) is 11.8 Å². The highest BCUT2D eigenvalue weighted by Crippen LogP contribution is 2.19. The molecule has 0 radical (unpaired) electrons. The van der Waals surface area contributed by atoms with Gasteiger partial charge in [0.2, 0.25) is 0 Å². The molecule has 1 rings (SSSR count). The predicted octanol–water partition coefficient (Wildman–Crippen LogP) is 0.740. The van der Waals surface area contributed by atoms with Crippen molar-refractivity contribution < 1.29 is 9.72 Å². The number of primary amides is 1. The van der Waals surface area contributed by atoms with Crippen molar-refractivity contribution in [2.24, 2.45) is 5.73 Å². The van der Waals surface area contributed by atoms with E-state index in [0.29, 0.717) is 11.1 Å². The van der Waals surface area contributed by atoms with E-state index in [1.807, 2.05) is 0 Å². The summed E-state index contributed by atoms with van der Waals surface area (Å²) < 4.78 is 0. The largest absolute Gasteiger partial charge is 0.359 e. The summed E-state index contributed by atoms with van der Waals surface area (Å²) >= 11 is 0. The van der Waals surface area contributed by atoms with Crippen LogP contribution in [0.2, 0.25) is 0 Å². The molecule has 0 aliphatic heterocycles. The number of amides is 1. The van der Waals surface area contributed by atoms with Gasteiger partial charge in [-0.3, -0.25) is 14.9 Å². The number of hydrogen-bond donors (Lipinski definition) is 1. The molecule has 0 atom stereocenters. The van der Waals surface area contributed by atoms with E-state index in [1.165, 1.54) is 12.1 Å². The molecule has 5 nitrogen and oxygen atoms in total. The van der Waals surface area contributed by atoms with Crippen LogP contribution < -0.4 is 5.73 Å². The van der Waals surface area contributed by atoms with E-state index < -0.39 is 10.8 Å². The molecule has 1 aromatic carbocycles. The van der Waals surface area contributed by atoms with Crippen LogP contribution in [0.5, 0.6) is 0 Å². The van der Waals surface area contributed by atoms with Crippen molar-refractivity contribution in [2.75, 3.05) is 0 Å². The van der Waals surface area contributed by atoms with Crippen LogP contribution in [0.25, 0.3) is 0 Å². The number of carbonyl (C=O) groups excluding carboxylic acids is 1. The highest BCUT2D eigenvalue weighted by molar-refractivity contribution is 5.92. The highest BCUT2D eigenvalue weighted by Gasteiger charge is 2.11. The van der Waals surface area contributed by atoms with E-state index in [2.05, 4.69) is 11.8 Å². The fourth-order valence-corrected chi connectivity index (χ4v) is 1.09. The van der Waals surface area contributed by atoms with E-state index >= 15 is 0 Å². The van der Waals surface area contributed by atoms with Crippen LogP contribution in [0.3, 0.4) is 0 Å². The van der Waals surface area contributed by atoms with Crippen LogP contribution in [0.1, 0.15) is 11.1 Å².